The molecule has 0 spiro atoms. The molecule has 2 aromatic rings. The third-order valence-electron chi connectivity index (χ3n) is 4.27. The number of carbonyl (C=O) groups excluding carboxylic acids is 1. The Bertz CT molecular complexity index is 794. The van der Waals surface area contributed by atoms with Crippen LogP contribution in [0.4, 0.5) is 5.69 Å². The molecule has 0 N–H and O–H groups in total. The van der Waals surface area contributed by atoms with E-state index >= 15 is 0 Å². The van der Waals surface area contributed by atoms with E-state index in [9.17, 15) is 10.1 Å². The highest BCUT2D eigenvalue weighted by atomic mass is 35.5. The summed E-state index contributed by atoms with van der Waals surface area (Å²) in [5.74, 6) is -0.0686. The average molecular weight is 386 g/mol. The highest BCUT2D eigenvalue weighted by molar-refractivity contribution is 6.30. The molecule has 0 aliphatic carbocycles. The molecule has 0 saturated carbocycles. The van der Waals surface area contributed by atoms with Crippen LogP contribution in [0.25, 0.3) is 0 Å². The van der Waals surface area contributed by atoms with E-state index < -0.39 is 5.41 Å². The Morgan fingerprint density at radius 2 is 1.85 bits per heavy atom. The molecule has 1 aromatic carbocycles. The Kier molecular flexibility index (Phi) is 8.46. The SMILES string of the molecule is CC.CCC(c1cc(Cl)ccn1)N(C(C)=O)c1ccc(C(C)(C)C#N)cc1. The lowest BCUT2D eigenvalue weighted by atomic mass is 9.86. The summed E-state index contributed by atoms with van der Waals surface area (Å²) >= 11 is 6.09. The maximum atomic E-state index is 12.4. The second-order valence-corrected chi connectivity index (χ2v) is 6.93. The van der Waals surface area contributed by atoms with Crippen molar-refractivity contribution in [2.45, 2.75) is 59.4 Å². The summed E-state index contributed by atoms with van der Waals surface area (Å²) < 4.78 is 0. The van der Waals surface area contributed by atoms with E-state index in [1.807, 2.05) is 58.9 Å². The summed E-state index contributed by atoms with van der Waals surface area (Å²) in [5.41, 5.74) is 1.87. The molecule has 0 radical (unpaired) electrons. The number of amides is 1. The van der Waals surface area contributed by atoms with Gasteiger partial charge in [-0.3, -0.25) is 9.78 Å². The van der Waals surface area contributed by atoms with Crippen molar-refractivity contribution in [3.8, 4) is 6.07 Å². The fourth-order valence-corrected chi connectivity index (χ4v) is 2.98. The zero-order valence-corrected chi connectivity index (χ0v) is 17.7. The molecule has 0 bridgehead atoms. The lowest BCUT2D eigenvalue weighted by Gasteiger charge is -2.30. The molecule has 0 aliphatic heterocycles. The van der Waals surface area contributed by atoms with Crippen molar-refractivity contribution < 1.29 is 4.79 Å². The molecule has 1 heterocycles. The van der Waals surface area contributed by atoms with Gasteiger partial charge >= 0.3 is 0 Å². The lowest BCUT2D eigenvalue weighted by Crippen LogP contribution is -2.33. The van der Waals surface area contributed by atoms with E-state index in [0.29, 0.717) is 11.4 Å². The molecule has 4 nitrogen and oxygen atoms in total. The van der Waals surface area contributed by atoms with Crippen LogP contribution in [0.2, 0.25) is 5.02 Å². The molecule has 1 unspecified atom stereocenters. The maximum Gasteiger partial charge on any atom is 0.224 e. The Labute approximate surface area is 167 Å². The molecule has 27 heavy (non-hydrogen) atoms. The van der Waals surface area contributed by atoms with E-state index in [2.05, 4.69) is 11.1 Å². The minimum Gasteiger partial charge on any atom is -0.304 e. The number of nitriles is 1. The van der Waals surface area contributed by atoms with Gasteiger partial charge in [0.25, 0.3) is 0 Å². The third kappa shape index (κ3) is 5.55. The highest BCUT2D eigenvalue weighted by Gasteiger charge is 2.25. The highest BCUT2D eigenvalue weighted by Crippen LogP contribution is 2.32. The van der Waals surface area contributed by atoms with Crippen LogP contribution in [0.15, 0.2) is 42.6 Å². The molecule has 1 atom stereocenters. The molecule has 5 heteroatoms. The number of halogens is 1. The van der Waals surface area contributed by atoms with E-state index in [-0.39, 0.29) is 11.9 Å². The third-order valence-corrected chi connectivity index (χ3v) is 4.50. The van der Waals surface area contributed by atoms with Gasteiger partial charge in [-0.25, -0.2) is 0 Å². The number of rotatable bonds is 5. The van der Waals surface area contributed by atoms with Crippen molar-refractivity contribution in [3.05, 3.63) is 58.9 Å². The van der Waals surface area contributed by atoms with Gasteiger partial charge in [0.05, 0.1) is 23.2 Å². The van der Waals surface area contributed by atoms with Gasteiger partial charge in [-0.1, -0.05) is 44.5 Å². The van der Waals surface area contributed by atoms with Crippen molar-refractivity contribution >= 4 is 23.2 Å². The van der Waals surface area contributed by atoms with Crippen molar-refractivity contribution in [1.82, 2.24) is 4.98 Å². The zero-order valence-electron chi connectivity index (χ0n) is 17.0. The van der Waals surface area contributed by atoms with Gasteiger partial charge in [-0.2, -0.15) is 5.26 Å². The maximum absolute atomic E-state index is 12.4. The number of aromatic nitrogens is 1. The van der Waals surface area contributed by atoms with Crippen LogP contribution in [0.5, 0.6) is 0 Å². The minimum atomic E-state index is -0.571. The summed E-state index contributed by atoms with van der Waals surface area (Å²) in [5, 5.41) is 9.88. The van der Waals surface area contributed by atoms with E-state index in [1.165, 1.54) is 0 Å². The first-order valence-electron chi connectivity index (χ1n) is 9.23. The van der Waals surface area contributed by atoms with Crippen LogP contribution in [0.1, 0.15) is 65.3 Å². The van der Waals surface area contributed by atoms with E-state index in [0.717, 1.165) is 16.9 Å². The monoisotopic (exact) mass is 385 g/mol. The van der Waals surface area contributed by atoms with Crippen molar-refractivity contribution in [2.24, 2.45) is 0 Å². The van der Waals surface area contributed by atoms with Crippen LogP contribution in [0, 0.1) is 11.3 Å². The predicted octanol–water partition coefficient (Wildman–Crippen LogP) is 6.07. The Morgan fingerprint density at radius 1 is 1.26 bits per heavy atom. The molecular formula is C22H28ClN3O. The first-order valence-corrected chi connectivity index (χ1v) is 9.61. The standard InChI is InChI=1S/C20H22ClN3O.C2H6/c1-5-19(18-12-16(21)10-11-23-18)24(14(2)25)17-8-6-15(7-9-17)20(3,4)13-22;1-2/h6-12,19H,5H2,1-4H3;1-2H3. The number of anilines is 1. The van der Waals surface area contributed by atoms with Crippen LogP contribution >= 0.6 is 11.6 Å². The smallest absolute Gasteiger partial charge is 0.224 e. The normalized spacial score (nSPS) is 11.6. The second-order valence-electron chi connectivity index (χ2n) is 6.50. The van der Waals surface area contributed by atoms with Crippen LogP contribution in [0.3, 0.4) is 0 Å². The number of hydrogen-bond acceptors (Lipinski definition) is 3. The fourth-order valence-electron chi connectivity index (χ4n) is 2.81. The Balaban J connectivity index is 0.00000176. The molecule has 0 aliphatic rings. The number of carbonyl (C=O) groups is 1. The molecular weight excluding hydrogens is 358 g/mol. The molecule has 2 rings (SSSR count). The Hall–Kier alpha value is -2.38. The molecule has 144 valence electrons. The van der Waals surface area contributed by atoms with Gasteiger partial charge in [0.1, 0.15) is 0 Å². The average Bonchev–Trinajstić information content (AvgIpc) is 2.67. The summed E-state index contributed by atoms with van der Waals surface area (Å²) in [7, 11) is 0. The molecule has 0 saturated heterocycles. The van der Waals surface area contributed by atoms with Gasteiger partial charge in [0.2, 0.25) is 5.91 Å². The van der Waals surface area contributed by atoms with E-state index in [1.54, 1.807) is 30.2 Å². The van der Waals surface area contributed by atoms with Gasteiger partial charge in [0, 0.05) is 23.8 Å². The second kappa shape index (κ2) is 10.1. The summed E-state index contributed by atoms with van der Waals surface area (Å²) in [6.45, 7) is 11.3. The van der Waals surface area contributed by atoms with Gasteiger partial charge < -0.3 is 4.90 Å². The van der Waals surface area contributed by atoms with Gasteiger partial charge in [0.15, 0.2) is 0 Å². The molecule has 0 fully saturated rings. The largest absolute Gasteiger partial charge is 0.304 e. The zero-order chi connectivity index (χ0) is 20.6. The summed E-state index contributed by atoms with van der Waals surface area (Å²) in [6.07, 6.45) is 2.36. The first-order chi connectivity index (χ1) is 12.8. The van der Waals surface area contributed by atoms with Gasteiger partial charge in [-0.15, -0.1) is 0 Å². The van der Waals surface area contributed by atoms with E-state index in [4.69, 9.17) is 11.6 Å². The Morgan fingerprint density at radius 3 is 2.30 bits per heavy atom. The summed E-state index contributed by atoms with van der Waals surface area (Å²) in [6, 6.07) is 13.1. The number of hydrogen-bond donors (Lipinski definition) is 0. The quantitative estimate of drug-likeness (QED) is 0.627. The van der Waals surface area contributed by atoms with Crippen LogP contribution in [-0.2, 0) is 10.2 Å². The number of nitrogens with zero attached hydrogens (tertiary/aromatic N) is 3. The summed E-state index contributed by atoms with van der Waals surface area (Å²) in [4.78, 5) is 18.5. The fraction of sp³-hybridized carbons (Fsp3) is 0.409. The van der Waals surface area contributed by atoms with Crippen LogP contribution in [-0.4, -0.2) is 10.9 Å². The minimum absolute atomic E-state index is 0.0686. The lowest BCUT2D eigenvalue weighted by molar-refractivity contribution is -0.117. The predicted molar refractivity (Wildman–Crippen MR) is 112 cm³/mol. The number of pyridine rings is 1. The topological polar surface area (TPSA) is 57.0 Å². The van der Waals surface area contributed by atoms with Gasteiger partial charge in [-0.05, 0) is 50.1 Å². The van der Waals surface area contributed by atoms with Crippen molar-refractivity contribution in [1.29, 1.82) is 5.26 Å². The molecule has 1 amide bonds. The number of benzene rings is 1. The molecule has 1 aromatic heterocycles. The van der Waals surface area contributed by atoms with Crippen molar-refractivity contribution in [2.75, 3.05) is 4.90 Å². The van der Waals surface area contributed by atoms with Crippen LogP contribution < -0.4 is 4.90 Å². The first kappa shape index (κ1) is 22.7. The van der Waals surface area contributed by atoms with Crippen molar-refractivity contribution in [3.63, 3.8) is 0 Å².